The second-order valence-electron chi connectivity index (χ2n) is 4.76. The van der Waals surface area contributed by atoms with Crippen molar-refractivity contribution in [3.05, 3.63) is 59.7 Å². The molecule has 0 saturated carbocycles. The summed E-state index contributed by atoms with van der Waals surface area (Å²) in [5.41, 5.74) is 1.57. The molecule has 2 aromatic rings. The Morgan fingerprint density at radius 2 is 1.57 bits per heavy atom. The highest BCUT2D eigenvalue weighted by Crippen LogP contribution is 2.35. The van der Waals surface area contributed by atoms with E-state index in [0.717, 1.165) is 11.1 Å². The molecule has 4 heteroatoms. The van der Waals surface area contributed by atoms with Crippen molar-refractivity contribution in [2.75, 3.05) is 20.8 Å². The molecule has 0 fully saturated rings. The van der Waals surface area contributed by atoms with Crippen molar-refractivity contribution in [1.82, 2.24) is 0 Å². The summed E-state index contributed by atoms with van der Waals surface area (Å²) < 4.78 is 10.5. The molecule has 0 saturated heterocycles. The fraction of sp³-hybridized carbons (Fsp3) is 0.294. The van der Waals surface area contributed by atoms with Crippen LogP contribution in [0.25, 0.3) is 0 Å². The van der Waals surface area contributed by atoms with Crippen LogP contribution in [0.4, 0.5) is 0 Å². The monoisotopic (exact) mass is 288 g/mol. The maximum absolute atomic E-state index is 10.5. The van der Waals surface area contributed by atoms with Gasteiger partial charge in [-0.3, -0.25) is 0 Å². The Labute approximate surface area is 124 Å². The molecule has 0 aliphatic carbocycles. The van der Waals surface area contributed by atoms with Crippen LogP contribution in [0, 0.1) is 0 Å². The minimum absolute atomic E-state index is 0.161. The van der Waals surface area contributed by atoms with Crippen LogP contribution in [0.1, 0.15) is 23.1 Å². The molecule has 0 bridgehead atoms. The van der Waals surface area contributed by atoms with Crippen LogP contribution >= 0.6 is 0 Å². The zero-order valence-corrected chi connectivity index (χ0v) is 12.2. The lowest BCUT2D eigenvalue weighted by Gasteiger charge is -2.22. The van der Waals surface area contributed by atoms with Gasteiger partial charge in [-0.2, -0.15) is 0 Å². The summed E-state index contributed by atoms with van der Waals surface area (Å²) in [5.74, 6) is 0.771. The van der Waals surface area contributed by atoms with E-state index in [1.165, 1.54) is 0 Å². The zero-order valence-electron chi connectivity index (χ0n) is 12.2. The third kappa shape index (κ3) is 3.35. The van der Waals surface area contributed by atoms with Crippen molar-refractivity contribution in [2.24, 2.45) is 0 Å². The molecule has 0 heterocycles. The summed E-state index contributed by atoms with van der Waals surface area (Å²) in [6.07, 6.45) is -0.783. The van der Waals surface area contributed by atoms with Crippen LogP contribution in [0.3, 0.4) is 0 Å². The lowest BCUT2D eigenvalue weighted by molar-refractivity contribution is 0.107. The van der Waals surface area contributed by atoms with E-state index >= 15 is 0 Å². The fourth-order valence-corrected chi connectivity index (χ4v) is 2.35. The van der Waals surface area contributed by atoms with Gasteiger partial charge < -0.3 is 19.7 Å². The van der Waals surface area contributed by atoms with Gasteiger partial charge in [0.05, 0.1) is 26.9 Å². The number of benzene rings is 2. The molecular weight excluding hydrogens is 268 g/mol. The number of rotatable bonds is 6. The van der Waals surface area contributed by atoms with E-state index in [-0.39, 0.29) is 6.61 Å². The molecule has 2 rings (SSSR count). The molecule has 112 valence electrons. The molecule has 2 N–H and O–H groups in total. The predicted molar refractivity (Wildman–Crippen MR) is 80.8 cm³/mol. The highest BCUT2D eigenvalue weighted by atomic mass is 16.5. The van der Waals surface area contributed by atoms with Gasteiger partial charge in [0.15, 0.2) is 11.5 Å². The first-order chi connectivity index (χ1) is 10.2. The number of hydrogen-bond acceptors (Lipinski definition) is 4. The lowest BCUT2D eigenvalue weighted by atomic mass is 9.89. The van der Waals surface area contributed by atoms with Gasteiger partial charge in [-0.25, -0.2) is 0 Å². The summed E-state index contributed by atoms with van der Waals surface area (Å²) in [7, 11) is 3.13. The highest BCUT2D eigenvalue weighted by molar-refractivity contribution is 5.44. The van der Waals surface area contributed by atoms with Crippen molar-refractivity contribution >= 4 is 0 Å². The molecule has 2 atom stereocenters. The molecular formula is C17H20O4. The van der Waals surface area contributed by atoms with Crippen molar-refractivity contribution in [3.63, 3.8) is 0 Å². The second kappa shape index (κ2) is 7.11. The summed E-state index contributed by atoms with van der Waals surface area (Å²) in [6, 6.07) is 14.7. The van der Waals surface area contributed by atoms with Gasteiger partial charge in [0.2, 0.25) is 0 Å². The van der Waals surface area contributed by atoms with E-state index in [0.29, 0.717) is 11.5 Å². The third-order valence-corrected chi connectivity index (χ3v) is 3.55. The van der Waals surface area contributed by atoms with Gasteiger partial charge in [0.25, 0.3) is 0 Å². The van der Waals surface area contributed by atoms with E-state index < -0.39 is 12.0 Å². The van der Waals surface area contributed by atoms with Gasteiger partial charge in [-0.15, -0.1) is 0 Å². The van der Waals surface area contributed by atoms with Crippen molar-refractivity contribution in [3.8, 4) is 11.5 Å². The van der Waals surface area contributed by atoms with Crippen molar-refractivity contribution < 1.29 is 19.7 Å². The highest BCUT2D eigenvalue weighted by Gasteiger charge is 2.23. The molecule has 0 aliphatic heterocycles. The largest absolute Gasteiger partial charge is 0.493 e. The quantitative estimate of drug-likeness (QED) is 0.857. The minimum Gasteiger partial charge on any atom is -0.493 e. The standard InChI is InChI=1S/C17H20O4/c1-20-15-9-8-13(10-16(15)21-2)14(11-18)17(19)12-6-4-3-5-7-12/h3-10,14,17-19H,11H2,1-2H3/t14-,17-/m0/s1. The van der Waals surface area contributed by atoms with E-state index in [4.69, 9.17) is 9.47 Å². The molecule has 0 radical (unpaired) electrons. The van der Waals surface area contributed by atoms with Crippen LogP contribution in [0.15, 0.2) is 48.5 Å². The molecule has 0 aliphatic rings. The molecule has 0 aromatic heterocycles. The normalized spacial score (nSPS) is 13.5. The van der Waals surface area contributed by atoms with Crippen molar-refractivity contribution in [2.45, 2.75) is 12.0 Å². The maximum atomic E-state index is 10.5. The summed E-state index contributed by atoms with van der Waals surface area (Å²) in [6.45, 7) is -0.161. The van der Waals surface area contributed by atoms with Crippen LogP contribution in [0.5, 0.6) is 11.5 Å². The molecule has 2 aromatic carbocycles. The van der Waals surface area contributed by atoms with Crippen LogP contribution in [0.2, 0.25) is 0 Å². The summed E-state index contributed by atoms with van der Waals surface area (Å²) in [5, 5.41) is 20.2. The average Bonchev–Trinajstić information content (AvgIpc) is 2.56. The van der Waals surface area contributed by atoms with Crippen molar-refractivity contribution in [1.29, 1.82) is 0 Å². The van der Waals surface area contributed by atoms with Gasteiger partial charge in [-0.05, 0) is 23.3 Å². The Morgan fingerprint density at radius 3 is 2.14 bits per heavy atom. The number of aliphatic hydroxyl groups is 2. The lowest BCUT2D eigenvalue weighted by Crippen LogP contribution is -2.15. The number of ether oxygens (including phenoxy) is 2. The first-order valence-corrected chi connectivity index (χ1v) is 6.77. The fourth-order valence-electron chi connectivity index (χ4n) is 2.35. The van der Waals surface area contributed by atoms with Crippen LogP contribution in [-0.4, -0.2) is 31.0 Å². The third-order valence-electron chi connectivity index (χ3n) is 3.55. The van der Waals surface area contributed by atoms with Gasteiger partial charge in [-0.1, -0.05) is 36.4 Å². The molecule has 0 unspecified atom stereocenters. The first kappa shape index (κ1) is 15.4. The molecule has 0 spiro atoms. The smallest absolute Gasteiger partial charge is 0.161 e. The Bertz CT molecular complexity index is 568. The molecule has 21 heavy (non-hydrogen) atoms. The Hall–Kier alpha value is -2.04. The predicted octanol–water partition coefficient (Wildman–Crippen LogP) is 2.51. The Morgan fingerprint density at radius 1 is 0.905 bits per heavy atom. The van der Waals surface area contributed by atoms with E-state index in [1.54, 1.807) is 26.4 Å². The Kier molecular flexibility index (Phi) is 5.20. The minimum atomic E-state index is -0.783. The van der Waals surface area contributed by atoms with E-state index in [9.17, 15) is 10.2 Å². The zero-order chi connectivity index (χ0) is 15.2. The second-order valence-corrected chi connectivity index (χ2v) is 4.76. The topological polar surface area (TPSA) is 58.9 Å². The average molecular weight is 288 g/mol. The van der Waals surface area contributed by atoms with E-state index in [2.05, 4.69) is 0 Å². The number of hydrogen-bond donors (Lipinski definition) is 2. The summed E-state index contributed by atoms with van der Waals surface area (Å²) >= 11 is 0. The van der Waals surface area contributed by atoms with Gasteiger partial charge >= 0.3 is 0 Å². The van der Waals surface area contributed by atoms with Crippen LogP contribution < -0.4 is 9.47 Å². The first-order valence-electron chi connectivity index (χ1n) is 6.77. The van der Waals surface area contributed by atoms with E-state index in [1.807, 2.05) is 36.4 Å². The SMILES string of the molecule is COc1ccc([C@H](CO)[C@@H](O)c2ccccc2)cc1OC. The maximum Gasteiger partial charge on any atom is 0.161 e. The molecule has 0 amide bonds. The number of aliphatic hydroxyl groups excluding tert-OH is 2. The molecule has 4 nitrogen and oxygen atoms in total. The van der Waals surface area contributed by atoms with Crippen LogP contribution in [-0.2, 0) is 0 Å². The van der Waals surface area contributed by atoms with Gasteiger partial charge in [0, 0.05) is 5.92 Å². The number of methoxy groups -OCH3 is 2. The van der Waals surface area contributed by atoms with Gasteiger partial charge in [0.1, 0.15) is 0 Å². The Balaban J connectivity index is 2.33. The summed E-state index contributed by atoms with van der Waals surface area (Å²) in [4.78, 5) is 0.